The Labute approximate surface area is 74.6 Å². The van der Waals surface area contributed by atoms with Crippen LogP contribution in [0.2, 0.25) is 0 Å². The van der Waals surface area contributed by atoms with Gasteiger partial charge in [-0.05, 0) is 5.16 Å². The number of esters is 1. The van der Waals surface area contributed by atoms with Gasteiger partial charge in [-0.3, -0.25) is 0 Å². The molecule has 1 rings (SSSR count). The Morgan fingerprint density at radius 1 is 1.85 bits per heavy atom. The van der Waals surface area contributed by atoms with Crippen molar-refractivity contribution in [2.45, 2.75) is 0 Å². The van der Waals surface area contributed by atoms with Gasteiger partial charge >= 0.3 is 5.97 Å². The Hall–Kier alpha value is -1.96. The number of rotatable bonds is 3. The third kappa shape index (κ3) is 2.24. The van der Waals surface area contributed by atoms with Crippen molar-refractivity contribution in [3.63, 3.8) is 0 Å². The topological polar surface area (TPSA) is 61.6 Å². The Morgan fingerprint density at radius 2 is 2.62 bits per heavy atom. The summed E-state index contributed by atoms with van der Waals surface area (Å²) in [6.45, 7) is 0.0765. The molecule has 0 radical (unpaired) electrons. The highest BCUT2D eigenvalue weighted by Crippen LogP contribution is 2.11. The smallest absolute Gasteiger partial charge is 0.377 e. The SMILES string of the molecule is C#CCOc1cc(C(=O)OC)on1. The lowest BCUT2D eigenvalue weighted by atomic mass is 10.4. The summed E-state index contributed by atoms with van der Waals surface area (Å²) in [5.74, 6) is 1.79. The van der Waals surface area contributed by atoms with Gasteiger partial charge in [0.25, 0.3) is 5.88 Å². The molecule has 0 unspecified atom stereocenters. The van der Waals surface area contributed by atoms with E-state index in [-0.39, 0.29) is 18.2 Å². The summed E-state index contributed by atoms with van der Waals surface area (Å²) < 4.78 is 13.9. The van der Waals surface area contributed by atoms with Crippen LogP contribution >= 0.6 is 0 Å². The molecule has 0 fully saturated rings. The average molecular weight is 181 g/mol. The Bertz CT molecular complexity index is 336. The van der Waals surface area contributed by atoms with Crippen LogP contribution in [0, 0.1) is 12.3 Å². The Morgan fingerprint density at radius 3 is 3.23 bits per heavy atom. The molecular weight excluding hydrogens is 174 g/mol. The molecule has 0 aliphatic carbocycles. The molecule has 0 amide bonds. The second-order valence-corrected chi connectivity index (χ2v) is 2.01. The minimum Gasteiger partial charge on any atom is -0.463 e. The third-order valence-corrected chi connectivity index (χ3v) is 1.18. The van der Waals surface area contributed by atoms with E-state index in [1.807, 2.05) is 0 Å². The number of methoxy groups -OCH3 is 1. The van der Waals surface area contributed by atoms with Crippen LogP contribution in [0.3, 0.4) is 0 Å². The minimum atomic E-state index is -0.608. The largest absolute Gasteiger partial charge is 0.463 e. The number of hydrogen-bond acceptors (Lipinski definition) is 5. The predicted molar refractivity (Wildman–Crippen MR) is 42.2 cm³/mol. The first-order valence-corrected chi connectivity index (χ1v) is 3.39. The molecule has 68 valence electrons. The van der Waals surface area contributed by atoms with Crippen molar-refractivity contribution in [1.29, 1.82) is 0 Å². The van der Waals surface area contributed by atoms with Crippen molar-refractivity contribution >= 4 is 5.97 Å². The van der Waals surface area contributed by atoms with E-state index in [9.17, 15) is 4.79 Å². The van der Waals surface area contributed by atoms with E-state index in [0.717, 1.165) is 0 Å². The number of ether oxygens (including phenoxy) is 2. The summed E-state index contributed by atoms with van der Waals surface area (Å²) >= 11 is 0. The van der Waals surface area contributed by atoms with E-state index in [4.69, 9.17) is 11.2 Å². The van der Waals surface area contributed by atoms with Gasteiger partial charge in [0.2, 0.25) is 5.76 Å². The molecule has 0 saturated heterocycles. The van der Waals surface area contributed by atoms with Crippen LogP contribution < -0.4 is 4.74 Å². The molecule has 0 saturated carbocycles. The number of aromatic nitrogens is 1. The fraction of sp³-hybridized carbons (Fsp3) is 0.250. The van der Waals surface area contributed by atoms with E-state index in [1.54, 1.807) is 0 Å². The van der Waals surface area contributed by atoms with E-state index in [1.165, 1.54) is 13.2 Å². The van der Waals surface area contributed by atoms with E-state index < -0.39 is 5.97 Å². The van der Waals surface area contributed by atoms with Crippen LogP contribution in [0.4, 0.5) is 0 Å². The van der Waals surface area contributed by atoms with Crippen molar-refractivity contribution in [3.05, 3.63) is 11.8 Å². The first-order chi connectivity index (χ1) is 6.27. The normalized spacial score (nSPS) is 8.92. The molecule has 1 heterocycles. The zero-order chi connectivity index (χ0) is 9.68. The molecular formula is C8H7NO4. The number of carbonyl (C=O) groups is 1. The second kappa shape index (κ2) is 4.16. The number of nitrogens with zero attached hydrogens (tertiary/aromatic N) is 1. The maximum Gasteiger partial charge on any atom is 0.377 e. The van der Waals surface area contributed by atoms with Crippen molar-refractivity contribution < 1.29 is 18.8 Å². The first kappa shape index (κ1) is 9.13. The number of hydrogen-bond donors (Lipinski definition) is 0. The molecule has 0 atom stereocenters. The van der Waals surface area contributed by atoms with Crippen molar-refractivity contribution in [2.24, 2.45) is 0 Å². The van der Waals surface area contributed by atoms with Gasteiger partial charge in [0.15, 0.2) is 6.61 Å². The van der Waals surface area contributed by atoms with Crippen molar-refractivity contribution in [3.8, 4) is 18.2 Å². The van der Waals surface area contributed by atoms with Gasteiger partial charge in [0, 0.05) is 0 Å². The molecule has 0 bridgehead atoms. The molecule has 5 heteroatoms. The summed E-state index contributed by atoms with van der Waals surface area (Å²) in [4.78, 5) is 10.8. The molecule has 1 aromatic heterocycles. The number of terminal acetylenes is 1. The zero-order valence-corrected chi connectivity index (χ0v) is 6.94. The van der Waals surface area contributed by atoms with Crippen LogP contribution in [-0.4, -0.2) is 24.8 Å². The highest BCUT2D eigenvalue weighted by Gasteiger charge is 2.13. The Balaban J connectivity index is 2.64. The molecule has 0 aliphatic heterocycles. The highest BCUT2D eigenvalue weighted by atomic mass is 16.6. The van der Waals surface area contributed by atoms with Crippen LogP contribution in [0.1, 0.15) is 10.6 Å². The third-order valence-electron chi connectivity index (χ3n) is 1.18. The molecule has 13 heavy (non-hydrogen) atoms. The molecule has 0 spiro atoms. The molecule has 0 aliphatic rings. The standard InChI is InChI=1S/C8H7NO4/c1-3-4-12-7-5-6(13-9-7)8(10)11-2/h1,5H,4H2,2H3. The van der Waals surface area contributed by atoms with Gasteiger partial charge < -0.3 is 14.0 Å². The molecule has 0 N–H and O–H groups in total. The summed E-state index contributed by atoms with van der Waals surface area (Å²) in [6, 6.07) is 1.31. The fourth-order valence-corrected chi connectivity index (χ4v) is 0.639. The summed E-state index contributed by atoms with van der Waals surface area (Å²) in [5.41, 5.74) is 0. The number of carbonyl (C=O) groups excluding carboxylic acids is 1. The minimum absolute atomic E-state index is 0.0190. The van der Waals surface area contributed by atoms with Crippen LogP contribution in [-0.2, 0) is 4.74 Å². The highest BCUT2D eigenvalue weighted by molar-refractivity contribution is 5.86. The molecule has 5 nitrogen and oxygen atoms in total. The lowest BCUT2D eigenvalue weighted by Crippen LogP contribution is -1.98. The summed E-state index contributed by atoms with van der Waals surface area (Å²) in [6.07, 6.45) is 4.94. The quantitative estimate of drug-likeness (QED) is 0.501. The van der Waals surface area contributed by atoms with Crippen molar-refractivity contribution in [1.82, 2.24) is 5.16 Å². The van der Waals surface area contributed by atoms with Gasteiger partial charge in [-0.2, -0.15) is 0 Å². The Kier molecular flexibility index (Phi) is 2.92. The van der Waals surface area contributed by atoms with E-state index >= 15 is 0 Å². The van der Waals surface area contributed by atoms with Crippen molar-refractivity contribution in [2.75, 3.05) is 13.7 Å². The average Bonchev–Trinajstić information content (AvgIpc) is 2.62. The molecule has 1 aromatic rings. The van der Waals surface area contributed by atoms with Crippen LogP contribution in [0.25, 0.3) is 0 Å². The fourth-order valence-electron chi connectivity index (χ4n) is 0.639. The van der Waals surface area contributed by atoms with Gasteiger partial charge in [0.05, 0.1) is 13.2 Å². The maximum atomic E-state index is 10.8. The van der Waals surface area contributed by atoms with Gasteiger partial charge in [-0.25, -0.2) is 4.79 Å². The van der Waals surface area contributed by atoms with Crippen LogP contribution in [0.15, 0.2) is 10.6 Å². The first-order valence-electron chi connectivity index (χ1n) is 3.39. The monoisotopic (exact) mass is 181 g/mol. The van der Waals surface area contributed by atoms with Gasteiger partial charge in [0.1, 0.15) is 0 Å². The van der Waals surface area contributed by atoms with E-state index in [2.05, 4.69) is 20.3 Å². The predicted octanol–water partition coefficient (Wildman–Crippen LogP) is 0.473. The lowest BCUT2D eigenvalue weighted by Gasteiger charge is -1.91. The maximum absolute atomic E-state index is 10.8. The molecule has 0 aromatic carbocycles. The zero-order valence-electron chi connectivity index (χ0n) is 6.94. The summed E-state index contributed by atoms with van der Waals surface area (Å²) in [7, 11) is 1.24. The van der Waals surface area contributed by atoms with Gasteiger partial charge in [-0.15, -0.1) is 6.42 Å². The van der Waals surface area contributed by atoms with E-state index in [0.29, 0.717) is 0 Å². The van der Waals surface area contributed by atoms with Crippen LogP contribution in [0.5, 0.6) is 5.88 Å². The van der Waals surface area contributed by atoms with Gasteiger partial charge in [-0.1, -0.05) is 5.92 Å². The lowest BCUT2D eigenvalue weighted by molar-refractivity contribution is 0.0554. The second-order valence-electron chi connectivity index (χ2n) is 2.01. The summed E-state index contributed by atoms with van der Waals surface area (Å²) in [5, 5.41) is 3.43.